The minimum atomic E-state index is -0.391. The van der Waals surface area contributed by atoms with Gasteiger partial charge in [0, 0.05) is 12.1 Å². The number of nitrogens with one attached hydrogen (secondary N) is 1. The molecule has 5 nitrogen and oxygen atoms in total. The van der Waals surface area contributed by atoms with Crippen molar-refractivity contribution in [2.75, 3.05) is 13.7 Å². The smallest absolute Gasteiger partial charge is 0.338 e. The Hall–Kier alpha value is -2.82. The topological polar surface area (TPSA) is 64.6 Å². The van der Waals surface area contributed by atoms with E-state index in [2.05, 4.69) is 5.32 Å². The first-order chi connectivity index (χ1) is 11.1. The molecular formula is C18H19NO4. The van der Waals surface area contributed by atoms with Gasteiger partial charge in [-0.3, -0.25) is 4.79 Å². The van der Waals surface area contributed by atoms with Crippen LogP contribution in [0.1, 0.15) is 33.2 Å². The summed E-state index contributed by atoms with van der Waals surface area (Å²) in [5.74, 6) is 0.184. The normalized spacial score (nSPS) is 10.0. The van der Waals surface area contributed by atoms with Crippen LogP contribution in [0.25, 0.3) is 0 Å². The number of carbonyl (C=O) groups excluding carboxylic acids is 2. The summed E-state index contributed by atoms with van der Waals surface area (Å²) in [6.45, 7) is 2.49. The number of benzene rings is 2. The van der Waals surface area contributed by atoms with Crippen LogP contribution in [0, 0.1) is 0 Å². The number of methoxy groups -OCH3 is 1. The maximum absolute atomic E-state index is 12.1. The molecule has 1 N–H and O–H groups in total. The number of ether oxygens (including phenoxy) is 2. The van der Waals surface area contributed by atoms with E-state index in [0.717, 1.165) is 11.3 Å². The summed E-state index contributed by atoms with van der Waals surface area (Å²) < 4.78 is 9.99. The molecule has 0 fully saturated rings. The summed E-state index contributed by atoms with van der Waals surface area (Å²) >= 11 is 0. The van der Waals surface area contributed by atoms with Crippen LogP contribution >= 0.6 is 0 Å². The van der Waals surface area contributed by atoms with Crippen molar-refractivity contribution in [3.63, 3.8) is 0 Å². The fraction of sp³-hybridized carbons (Fsp3) is 0.222. The Kier molecular flexibility index (Phi) is 5.74. The van der Waals surface area contributed by atoms with Crippen molar-refractivity contribution in [1.82, 2.24) is 5.32 Å². The highest BCUT2D eigenvalue weighted by atomic mass is 16.5. The van der Waals surface area contributed by atoms with Crippen molar-refractivity contribution in [3.8, 4) is 5.75 Å². The first-order valence-corrected chi connectivity index (χ1v) is 7.32. The zero-order chi connectivity index (χ0) is 16.7. The van der Waals surface area contributed by atoms with E-state index in [4.69, 9.17) is 9.47 Å². The fourth-order valence-corrected chi connectivity index (χ4v) is 2.00. The van der Waals surface area contributed by atoms with Gasteiger partial charge in [0.1, 0.15) is 5.75 Å². The molecule has 0 saturated heterocycles. The second kappa shape index (κ2) is 7.98. The van der Waals surface area contributed by atoms with Crippen LogP contribution in [0.5, 0.6) is 5.75 Å². The molecule has 2 aromatic carbocycles. The zero-order valence-electron chi connectivity index (χ0n) is 13.2. The van der Waals surface area contributed by atoms with Gasteiger partial charge in [0.25, 0.3) is 5.91 Å². The molecule has 23 heavy (non-hydrogen) atoms. The fourth-order valence-electron chi connectivity index (χ4n) is 2.00. The Morgan fingerprint density at radius 1 is 0.957 bits per heavy atom. The van der Waals surface area contributed by atoms with Crippen molar-refractivity contribution in [1.29, 1.82) is 0 Å². The van der Waals surface area contributed by atoms with E-state index < -0.39 is 5.97 Å². The Morgan fingerprint density at radius 2 is 1.57 bits per heavy atom. The van der Waals surface area contributed by atoms with E-state index in [9.17, 15) is 9.59 Å². The molecule has 0 saturated carbocycles. The highest BCUT2D eigenvalue weighted by Gasteiger charge is 2.09. The van der Waals surface area contributed by atoms with Crippen LogP contribution in [0.15, 0.2) is 48.5 Å². The van der Waals surface area contributed by atoms with E-state index in [1.807, 2.05) is 24.3 Å². The second-order valence-corrected chi connectivity index (χ2v) is 4.83. The van der Waals surface area contributed by atoms with Crippen LogP contribution in [0.3, 0.4) is 0 Å². The van der Waals surface area contributed by atoms with Gasteiger partial charge in [0.05, 0.1) is 19.3 Å². The second-order valence-electron chi connectivity index (χ2n) is 4.83. The lowest BCUT2D eigenvalue weighted by Crippen LogP contribution is -2.22. The van der Waals surface area contributed by atoms with Crippen molar-refractivity contribution in [2.45, 2.75) is 13.5 Å². The molecular weight excluding hydrogens is 294 g/mol. The average molecular weight is 313 g/mol. The number of amides is 1. The minimum Gasteiger partial charge on any atom is -0.497 e. The molecule has 5 heteroatoms. The number of carbonyl (C=O) groups is 2. The molecule has 0 heterocycles. The van der Waals surface area contributed by atoms with Gasteiger partial charge in [-0.2, -0.15) is 0 Å². The van der Waals surface area contributed by atoms with Gasteiger partial charge < -0.3 is 14.8 Å². The summed E-state index contributed by atoms with van der Waals surface area (Å²) in [7, 11) is 1.61. The molecule has 0 aliphatic heterocycles. The van der Waals surface area contributed by atoms with Crippen molar-refractivity contribution in [3.05, 3.63) is 65.2 Å². The van der Waals surface area contributed by atoms with Gasteiger partial charge in [-0.25, -0.2) is 4.79 Å². The monoisotopic (exact) mass is 313 g/mol. The van der Waals surface area contributed by atoms with E-state index in [0.29, 0.717) is 24.3 Å². The highest BCUT2D eigenvalue weighted by Crippen LogP contribution is 2.11. The molecule has 120 valence electrons. The van der Waals surface area contributed by atoms with Gasteiger partial charge in [0.2, 0.25) is 0 Å². The van der Waals surface area contributed by atoms with Gasteiger partial charge in [-0.05, 0) is 48.9 Å². The van der Waals surface area contributed by atoms with E-state index in [-0.39, 0.29) is 5.91 Å². The largest absolute Gasteiger partial charge is 0.497 e. The number of rotatable bonds is 6. The van der Waals surface area contributed by atoms with Gasteiger partial charge in [-0.1, -0.05) is 12.1 Å². The van der Waals surface area contributed by atoms with Crippen LogP contribution < -0.4 is 10.1 Å². The van der Waals surface area contributed by atoms with Crippen LogP contribution in [-0.4, -0.2) is 25.6 Å². The molecule has 0 aliphatic carbocycles. The molecule has 0 bridgehead atoms. The van der Waals surface area contributed by atoms with E-state index >= 15 is 0 Å². The van der Waals surface area contributed by atoms with Crippen molar-refractivity contribution >= 4 is 11.9 Å². The third-order valence-corrected chi connectivity index (χ3v) is 3.27. The average Bonchev–Trinajstić information content (AvgIpc) is 2.60. The Labute approximate surface area is 135 Å². The first kappa shape index (κ1) is 16.5. The lowest BCUT2D eigenvalue weighted by molar-refractivity contribution is 0.0526. The quantitative estimate of drug-likeness (QED) is 0.833. The lowest BCUT2D eigenvalue weighted by Gasteiger charge is -2.07. The SMILES string of the molecule is CCOC(=O)c1ccc(C(=O)NCc2ccc(OC)cc2)cc1. The molecule has 0 spiro atoms. The summed E-state index contributed by atoms with van der Waals surface area (Å²) in [6, 6.07) is 13.9. The standard InChI is InChI=1S/C18H19NO4/c1-3-23-18(21)15-8-6-14(7-9-15)17(20)19-12-13-4-10-16(22-2)11-5-13/h4-11H,3,12H2,1-2H3,(H,19,20). The molecule has 0 atom stereocenters. The third kappa shape index (κ3) is 4.57. The molecule has 0 aliphatic rings. The number of hydrogen-bond donors (Lipinski definition) is 1. The van der Waals surface area contributed by atoms with Gasteiger partial charge in [0.15, 0.2) is 0 Å². The zero-order valence-corrected chi connectivity index (χ0v) is 13.2. The maximum Gasteiger partial charge on any atom is 0.338 e. The highest BCUT2D eigenvalue weighted by molar-refractivity contribution is 5.96. The first-order valence-electron chi connectivity index (χ1n) is 7.32. The van der Waals surface area contributed by atoms with Crippen LogP contribution in [0.4, 0.5) is 0 Å². The summed E-state index contributed by atoms with van der Waals surface area (Å²) in [5, 5.41) is 2.83. The van der Waals surface area contributed by atoms with Gasteiger partial charge in [-0.15, -0.1) is 0 Å². The van der Waals surface area contributed by atoms with Crippen molar-refractivity contribution in [2.24, 2.45) is 0 Å². The molecule has 1 amide bonds. The predicted octanol–water partition coefficient (Wildman–Crippen LogP) is 2.80. The Balaban J connectivity index is 1.93. The molecule has 0 aromatic heterocycles. The summed E-state index contributed by atoms with van der Waals surface area (Å²) in [5.41, 5.74) is 1.90. The third-order valence-electron chi connectivity index (χ3n) is 3.27. The summed E-state index contributed by atoms with van der Waals surface area (Å²) in [6.07, 6.45) is 0. The number of esters is 1. The molecule has 0 radical (unpaired) electrons. The predicted molar refractivity (Wildman–Crippen MR) is 86.6 cm³/mol. The summed E-state index contributed by atoms with van der Waals surface area (Å²) in [4.78, 5) is 23.7. The Bertz CT molecular complexity index is 662. The molecule has 2 rings (SSSR count). The van der Waals surface area contributed by atoms with Crippen molar-refractivity contribution < 1.29 is 19.1 Å². The number of hydrogen-bond acceptors (Lipinski definition) is 4. The molecule has 2 aromatic rings. The van der Waals surface area contributed by atoms with Crippen LogP contribution in [-0.2, 0) is 11.3 Å². The Morgan fingerprint density at radius 3 is 2.13 bits per heavy atom. The minimum absolute atomic E-state index is 0.198. The van der Waals surface area contributed by atoms with Crippen LogP contribution in [0.2, 0.25) is 0 Å². The molecule has 0 unspecified atom stereocenters. The van der Waals surface area contributed by atoms with Gasteiger partial charge >= 0.3 is 5.97 Å². The maximum atomic E-state index is 12.1. The van der Waals surface area contributed by atoms with E-state index in [1.165, 1.54) is 0 Å². The lowest BCUT2D eigenvalue weighted by atomic mass is 10.1. The van der Waals surface area contributed by atoms with E-state index in [1.54, 1.807) is 38.3 Å².